The van der Waals surface area contributed by atoms with E-state index >= 15 is 0 Å². The molecular weight excluding hydrogens is 351 g/mol. The number of rotatable bonds is 1. The average molecular weight is 362 g/mol. The number of anilines is 3. The van der Waals surface area contributed by atoms with Crippen molar-refractivity contribution in [1.29, 1.82) is 10.5 Å². The summed E-state index contributed by atoms with van der Waals surface area (Å²) >= 11 is 0. The Morgan fingerprint density at radius 1 is 1.22 bits per heavy atom. The molecule has 10 heteroatoms. The van der Waals surface area contributed by atoms with Crippen LogP contribution >= 0.6 is 0 Å². The van der Waals surface area contributed by atoms with Gasteiger partial charge >= 0.3 is 0 Å². The Morgan fingerprint density at radius 3 is 2.78 bits per heavy atom. The van der Waals surface area contributed by atoms with E-state index in [0.29, 0.717) is 11.0 Å². The number of nitrogens with one attached hydrogen (secondary N) is 2. The third-order valence-corrected chi connectivity index (χ3v) is 4.25. The lowest BCUT2D eigenvalue weighted by Crippen LogP contribution is -2.33. The van der Waals surface area contributed by atoms with Crippen molar-refractivity contribution in [1.82, 2.24) is 10.3 Å². The first-order chi connectivity index (χ1) is 13.0. The Labute approximate surface area is 151 Å². The van der Waals surface area contributed by atoms with Crippen molar-refractivity contribution >= 4 is 34.3 Å². The van der Waals surface area contributed by atoms with Crippen LogP contribution in [0.2, 0.25) is 0 Å². The average Bonchev–Trinajstić information content (AvgIpc) is 3.10. The van der Waals surface area contributed by atoms with E-state index in [4.69, 9.17) is 21.1 Å². The number of nitrogens with two attached hydrogens (primary N) is 2. The normalized spacial score (nSPS) is 15.2. The molecule has 2 aromatic heterocycles. The van der Waals surface area contributed by atoms with Gasteiger partial charge < -0.3 is 21.2 Å². The number of nitrogen functional groups attached to an aromatic ring is 2. The van der Waals surface area contributed by atoms with E-state index < -0.39 is 11.9 Å². The van der Waals surface area contributed by atoms with Crippen LogP contribution < -0.4 is 22.1 Å². The second-order valence-corrected chi connectivity index (χ2v) is 5.70. The molecule has 0 spiro atoms. The number of nitriles is 2. The number of pyridine rings is 1. The van der Waals surface area contributed by atoms with Crippen molar-refractivity contribution in [2.75, 3.05) is 16.8 Å². The summed E-state index contributed by atoms with van der Waals surface area (Å²) in [4.78, 5) is 8.50. The van der Waals surface area contributed by atoms with Gasteiger partial charge in [-0.15, -0.1) is 0 Å². The van der Waals surface area contributed by atoms with Gasteiger partial charge in [0.1, 0.15) is 40.7 Å². The molecule has 1 atom stereocenters. The molecule has 1 aliphatic rings. The highest BCUT2D eigenvalue weighted by atomic mass is 19.1. The molecule has 1 unspecified atom stereocenters. The van der Waals surface area contributed by atoms with Crippen LogP contribution in [0.1, 0.15) is 22.7 Å². The lowest BCUT2D eigenvalue weighted by Gasteiger charge is -2.26. The van der Waals surface area contributed by atoms with Crippen molar-refractivity contribution in [3.63, 3.8) is 0 Å². The predicted molar refractivity (Wildman–Crippen MR) is 95.6 cm³/mol. The maximum absolute atomic E-state index is 14.8. The summed E-state index contributed by atoms with van der Waals surface area (Å²) in [7, 11) is 0. The summed E-state index contributed by atoms with van der Waals surface area (Å²) in [6.07, 6.45) is 3.17. The zero-order valence-electron chi connectivity index (χ0n) is 13.6. The number of hydrogen-bond donors (Lipinski definition) is 4. The molecule has 4 rings (SSSR count). The summed E-state index contributed by atoms with van der Waals surface area (Å²) in [5.41, 5.74) is 12.9. The number of halogens is 1. The summed E-state index contributed by atoms with van der Waals surface area (Å²) in [6.45, 7) is 0. The fourth-order valence-electron chi connectivity index (χ4n) is 3.11. The minimum Gasteiger partial charge on any atom is -0.464 e. The smallest absolute Gasteiger partial charge is 0.211 e. The monoisotopic (exact) mass is 362 g/mol. The molecule has 1 aromatic carbocycles. The predicted octanol–water partition coefficient (Wildman–Crippen LogP) is 1.94. The van der Waals surface area contributed by atoms with E-state index in [2.05, 4.69) is 20.6 Å². The van der Waals surface area contributed by atoms with Crippen LogP contribution in [0.5, 0.6) is 0 Å². The lowest BCUT2D eigenvalue weighted by atomic mass is 9.92. The lowest BCUT2D eigenvalue weighted by molar-refractivity contribution is 0.595. The van der Waals surface area contributed by atoms with E-state index in [1.807, 2.05) is 6.07 Å². The first kappa shape index (κ1) is 16.2. The van der Waals surface area contributed by atoms with E-state index in [-0.39, 0.29) is 40.0 Å². The summed E-state index contributed by atoms with van der Waals surface area (Å²) in [5, 5.41) is 23.9. The van der Waals surface area contributed by atoms with E-state index in [1.165, 1.54) is 18.4 Å². The summed E-state index contributed by atoms with van der Waals surface area (Å²) in [6, 6.07) is 5.28. The molecule has 0 saturated heterocycles. The third kappa shape index (κ3) is 2.36. The van der Waals surface area contributed by atoms with Crippen LogP contribution in [0.3, 0.4) is 0 Å². The first-order valence-corrected chi connectivity index (χ1v) is 7.69. The molecule has 0 bridgehead atoms. The summed E-state index contributed by atoms with van der Waals surface area (Å²) < 4.78 is 20.2. The van der Waals surface area contributed by atoms with Gasteiger partial charge in [0.15, 0.2) is 6.19 Å². The summed E-state index contributed by atoms with van der Waals surface area (Å²) in [5.74, 6) is -0.399. The van der Waals surface area contributed by atoms with Gasteiger partial charge in [-0.25, -0.2) is 14.4 Å². The Balaban J connectivity index is 2.06. The minimum absolute atomic E-state index is 0.0211. The molecule has 3 heterocycles. The van der Waals surface area contributed by atoms with E-state index in [0.717, 1.165) is 0 Å². The van der Waals surface area contributed by atoms with Gasteiger partial charge in [-0.05, 0) is 18.2 Å². The highest BCUT2D eigenvalue weighted by Gasteiger charge is 2.32. The fraction of sp³-hybridized carbons (Fsp3) is 0.0588. The Morgan fingerprint density at radius 2 is 2.04 bits per heavy atom. The topological polar surface area (TPSA) is 162 Å². The number of guanidine groups is 1. The molecule has 0 fully saturated rings. The number of benzene rings is 1. The highest BCUT2D eigenvalue weighted by Crippen LogP contribution is 2.43. The van der Waals surface area contributed by atoms with E-state index in [1.54, 1.807) is 12.3 Å². The van der Waals surface area contributed by atoms with Gasteiger partial charge in [0.25, 0.3) is 0 Å². The number of fused-ring (bicyclic) bond motifs is 2. The minimum atomic E-state index is -0.974. The van der Waals surface area contributed by atoms with Crippen molar-refractivity contribution in [2.45, 2.75) is 6.04 Å². The van der Waals surface area contributed by atoms with Crippen LogP contribution in [0, 0.1) is 28.6 Å². The molecule has 132 valence electrons. The van der Waals surface area contributed by atoms with E-state index in [9.17, 15) is 9.65 Å². The Kier molecular flexibility index (Phi) is 3.53. The third-order valence-electron chi connectivity index (χ3n) is 4.25. The molecule has 0 amide bonds. The molecule has 9 nitrogen and oxygen atoms in total. The van der Waals surface area contributed by atoms with Crippen molar-refractivity contribution in [3.05, 3.63) is 47.0 Å². The quantitative estimate of drug-likeness (QED) is 0.377. The van der Waals surface area contributed by atoms with Crippen LogP contribution in [-0.4, -0.2) is 10.9 Å². The van der Waals surface area contributed by atoms with Gasteiger partial charge in [-0.3, -0.25) is 5.32 Å². The van der Waals surface area contributed by atoms with Crippen LogP contribution in [0.4, 0.5) is 21.7 Å². The van der Waals surface area contributed by atoms with Crippen molar-refractivity contribution in [2.24, 2.45) is 4.99 Å². The molecule has 3 aromatic rings. The zero-order valence-corrected chi connectivity index (χ0v) is 13.6. The second-order valence-electron chi connectivity index (χ2n) is 5.70. The van der Waals surface area contributed by atoms with Crippen molar-refractivity contribution < 1.29 is 8.81 Å². The molecule has 0 saturated carbocycles. The van der Waals surface area contributed by atoms with Gasteiger partial charge in [-0.2, -0.15) is 10.5 Å². The van der Waals surface area contributed by atoms with Gasteiger partial charge in [0.2, 0.25) is 5.96 Å². The molecule has 0 aliphatic carbocycles. The highest BCUT2D eigenvalue weighted by molar-refractivity contribution is 5.99. The SMILES string of the molecule is N#CNC1=NC(c2c(F)ccc3occc23)c2c(nc(N)c(C#N)c2N)N1. The number of hydrogen-bond acceptors (Lipinski definition) is 9. The molecule has 0 radical (unpaired) electrons. The van der Waals surface area contributed by atoms with Crippen LogP contribution in [0.15, 0.2) is 33.9 Å². The number of furan rings is 1. The van der Waals surface area contributed by atoms with Crippen LogP contribution in [0.25, 0.3) is 11.0 Å². The van der Waals surface area contributed by atoms with Gasteiger partial charge in [0.05, 0.1) is 12.0 Å². The molecule has 27 heavy (non-hydrogen) atoms. The fourth-order valence-corrected chi connectivity index (χ4v) is 3.11. The number of aromatic nitrogens is 1. The largest absolute Gasteiger partial charge is 0.464 e. The molecule has 1 aliphatic heterocycles. The van der Waals surface area contributed by atoms with Crippen LogP contribution in [-0.2, 0) is 0 Å². The zero-order chi connectivity index (χ0) is 19.1. The number of nitrogens with zero attached hydrogens (tertiary/aromatic N) is 4. The van der Waals surface area contributed by atoms with Crippen molar-refractivity contribution in [3.8, 4) is 12.3 Å². The molecule has 6 N–H and O–H groups in total. The second kappa shape index (κ2) is 5.89. The Bertz CT molecular complexity index is 1200. The molecular formula is C17H11FN8O. The van der Waals surface area contributed by atoms with Gasteiger partial charge in [0, 0.05) is 16.5 Å². The maximum atomic E-state index is 14.8. The first-order valence-electron chi connectivity index (χ1n) is 7.69. The van der Waals surface area contributed by atoms with Gasteiger partial charge in [-0.1, -0.05) is 0 Å². The maximum Gasteiger partial charge on any atom is 0.211 e. The standard InChI is InChI=1S/C17H11FN8O/c18-9-1-2-10-7(3-4-27-10)11(9)14-12-13(21)8(5-19)15(22)25-16(12)26-17(24-14)23-6-20/h1-4,14H,(H6,21,22,23,24,25,26). The Hall–Kier alpha value is -4.31. The number of aliphatic imine (C=N–C) groups is 1.